The number of hydrogen-bond acceptors (Lipinski definition) is 5. The van der Waals surface area contributed by atoms with E-state index in [0.717, 1.165) is 11.1 Å². The van der Waals surface area contributed by atoms with E-state index in [1.165, 1.54) is 32.4 Å². The Morgan fingerprint density at radius 2 is 1.65 bits per heavy atom. The van der Waals surface area contributed by atoms with E-state index in [0.29, 0.717) is 11.3 Å². The second kappa shape index (κ2) is 7.45. The van der Waals surface area contributed by atoms with Gasteiger partial charge in [0.05, 0.1) is 26.2 Å². The Morgan fingerprint density at radius 1 is 0.957 bits per heavy atom. The molecule has 0 atom stereocenters. The normalized spacial score (nSPS) is 10.0. The minimum Gasteiger partial charge on any atom is -0.493 e. The number of methoxy groups -OCH3 is 2. The maximum Gasteiger partial charge on any atom is 0.337 e. The predicted molar refractivity (Wildman–Crippen MR) is 84.9 cm³/mol. The van der Waals surface area contributed by atoms with Crippen LogP contribution in [-0.4, -0.2) is 26.2 Å². The Kier molecular flexibility index (Phi) is 5.36. The molecule has 0 amide bonds. The number of rotatable bonds is 5. The largest absolute Gasteiger partial charge is 0.493 e. The number of hydrogen-bond donors (Lipinski definition) is 0. The van der Waals surface area contributed by atoms with Gasteiger partial charge in [-0.25, -0.2) is 4.79 Å². The lowest BCUT2D eigenvalue weighted by atomic mass is 10.1. The van der Waals surface area contributed by atoms with Gasteiger partial charge >= 0.3 is 11.9 Å². The summed E-state index contributed by atoms with van der Waals surface area (Å²) < 4.78 is 15.1. The lowest BCUT2D eigenvalue weighted by Gasteiger charge is -2.10. The molecule has 0 aliphatic heterocycles. The number of carbonyl (C=O) groups excluding carboxylic acids is 2. The molecule has 0 aliphatic rings. The second-order valence-corrected chi connectivity index (χ2v) is 4.99. The molecule has 0 radical (unpaired) electrons. The molecular formula is C18H18O5. The number of esters is 2. The summed E-state index contributed by atoms with van der Waals surface area (Å²) in [5, 5.41) is 0. The van der Waals surface area contributed by atoms with E-state index in [1.807, 2.05) is 31.2 Å². The molecule has 0 bridgehead atoms. The van der Waals surface area contributed by atoms with Crippen LogP contribution in [0.5, 0.6) is 11.5 Å². The first-order valence-corrected chi connectivity index (χ1v) is 7.06. The maximum absolute atomic E-state index is 12.0. The van der Waals surface area contributed by atoms with Crippen LogP contribution in [0.2, 0.25) is 0 Å². The fraction of sp³-hybridized carbons (Fsp3) is 0.222. The van der Waals surface area contributed by atoms with Crippen molar-refractivity contribution in [1.82, 2.24) is 0 Å². The van der Waals surface area contributed by atoms with Gasteiger partial charge in [-0.2, -0.15) is 0 Å². The molecule has 0 saturated carbocycles. The van der Waals surface area contributed by atoms with Crippen LogP contribution in [0, 0.1) is 6.92 Å². The lowest BCUT2D eigenvalue weighted by molar-refractivity contribution is -0.133. The molecule has 0 aliphatic carbocycles. The highest BCUT2D eigenvalue weighted by Gasteiger charge is 2.14. The van der Waals surface area contributed by atoms with Gasteiger partial charge in [0, 0.05) is 0 Å². The van der Waals surface area contributed by atoms with Crippen molar-refractivity contribution < 1.29 is 23.8 Å². The molecule has 2 rings (SSSR count). The highest BCUT2D eigenvalue weighted by Crippen LogP contribution is 2.28. The predicted octanol–water partition coefficient (Wildman–Crippen LogP) is 2.94. The van der Waals surface area contributed by atoms with Crippen LogP contribution in [0.1, 0.15) is 21.5 Å². The van der Waals surface area contributed by atoms with Gasteiger partial charge < -0.3 is 14.2 Å². The average molecular weight is 314 g/mol. The van der Waals surface area contributed by atoms with Crippen molar-refractivity contribution in [3.63, 3.8) is 0 Å². The summed E-state index contributed by atoms with van der Waals surface area (Å²) >= 11 is 0. The Bertz CT molecular complexity index is 704. The zero-order valence-electron chi connectivity index (χ0n) is 13.3. The van der Waals surface area contributed by atoms with Gasteiger partial charge in [-0.1, -0.05) is 29.8 Å². The van der Waals surface area contributed by atoms with E-state index in [4.69, 9.17) is 9.47 Å². The van der Waals surface area contributed by atoms with Gasteiger partial charge in [-0.15, -0.1) is 0 Å². The summed E-state index contributed by atoms with van der Waals surface area (Å²) in [4.78, 5) is 23.5. The molecule has 0 unspecified atom stereocenters. The van der Waals surface area contributed by atoms with Crippen molar-refractivity contribution in [1.29, 1.82) is 0 Å². The van der Waals surface area contributed by atoms with Gasteiger partial charge in [0.2, 0.25) is 0 Å². The molecule has 2 aromatic rings. The molecular weight excluding hydrogens is 296 g/mol. The zero-order valence-corrected chi connectivity index (χ0v) is 13.3. The molecule has 0 fully saturated rings. The molecule has 0 N–H and O–H groups in total. The fourth-order valence-corrected chi connectivity index (χ4v) is 2.03. The van der Waals surface area contributed by atoms with Crippen molar-refractivity contribution in [2.24, 2.45) is 0 Å². The summed E-state index contributed by atoms with van der Waals surface area (Å²) in [6, 6.07) is 12.1. The van der Waals surface area contributed by atoms with Gasteiger partial charge in [0.1, 0.15) is 0 Å². The Morgan fingerprint density at radius 3 is 2.26 bits per heavy atom. The van der Waals surface area contributed by atoms with Gasteiger partial charge in [0.15, 0.2) is 11.5 Å². The van der Waals surface area contributed by atoms with Gasteiger partial charge in [0.25, 0.3) is 0 Å². The van der Waals surface area contributed by atoms with Crippen molar-refractivity contribution >= 4 is 11.9 Å². The highest BCUT2D eigenvalue weighted by molar-refractivity contribution is 5.90. The maximum atomic E-state index is 12.0. The van der Waals surface area contributed by atoms with Crippen LogP contribution in [0.15, 0.2) is 42.5 Å². The molecule has 0 heterocycles. The van der Waals surface area contributed by atoms with Crippen LogP contribution in [0.4, 0.5) is 0 Å². The SMILES string of the molecule is COC(=O)c1ccc(OC(=O)Cc2ccc(C)cc2)c(OC)c1. The summed E-state index contributed by atoms with van der Waals surface area (Å²) in [6.45, 7) is 1.98. The highest BCUT2D eigenvalue weighted by atomic mass is 16.6. The summed E-state index contributed by atoms with van der Waals surface area (Å²) in [5.41, 5.74) is 2.32. The van der Waals surface area contributed by atoms with Gasteiger partial charge in [-0.05, 0) is 30.7 Å². The van der Waals surface area contributed by atoms with Crippen molar-refractivity contribution in [3.8, 4) is 11.5 Å². The number of ether oxygens (including phenoxy) is 3. The minimum atomic E-state index is -0.485. The summed E-state index contributed by atoms with van der Waals surface area (Å²) in [6.07, 6.45) is 0.155. The topological polar surface area (TPSA) is 61.8 Å². The fourth-order valence-electron chi connectivity index (χ4n) is 2.03. The van der Waals surface area contributed by atoms with Crippen LogP contribution < -0.4 is 9.47 Å². The van der Waals surface area contributed by atoms with Crippen LogP contribution in [0.3, 0.4) is 0 Å². The Labute approximate surface area is 134 Å². The van der Waals surface area contributed by atoms with Crippen molar-refractivity contribution in [2.45, 2.75) is 13.3 Å². The first-order chi connectivity index (χ1) is 11.0. The second-order valence-electron chi connectivity index (χ2n) is 4.99. The molecule has 0 spiro atoms. The Balaban J connectivity index is 2.10. The Hall–Kier alpha value is -2.82. The summed E-state index contributed by atoms with van der Waals surface area (Å²) in [7, 11) is 2.73. The van der Waals surface area contributed by atoms with E-state index in [2.05, 4.69) is 4.74 Å². The van der Waals surface area contributed by atoms with E-state index >= 15 is 0 Å². The molecule has 5 heteroatoms. The number of benzene rings is 2. The molecule has 0 saturated heterocycles. The third kappa shape index (κ3) is 4.32. The minimum absolute atomic E-state index is 0.155. The van der Waals surface area contributed by atoms with E-state index in [9.17, 15) is 9.59 Å². The van der Waals surface area contributed by atoms with E-state index in [1.54, 1.807) is 0 Å². The average Bonchev–Trinajstić information content (AvgIpc) is 2.56. The third-order valence-corrected chi connectivity index (χ3v) is 3.28. The third-order valence-electron chi connectivity index (χ3n) is 3.28. The molecule has 5 nitrogen and oxygen atoms in total. The molecule has 120 valence electrons. The quantitative estimate of drug-likeness (QED) is 0.627. The van der Waals surface area contributed by atoms with Crippen molar-refractivity contribution in [3.05, 3.63) is 59.2 Å². The van der Waals surface area contributed by atoms with E-state index in [-0.39, 0.29) is 12.2 Å². The number of carbonyl (C=O) groups is 2. The first-order valence-electron chi connectivity index (χ1n) is 7.06. The molecule has 0 aromatic heterocycles. The molecule has 2 aromatic carbocycles. The van der Waals surface area contributed by atoms with E-state index < -0.39 is 11.9 Å². The molecule has 23 heavy (non-hydrogen) atoms. The smallest absolute Gasteiger partial charge is 0.337 e. The summed E-state index contributed by atoms with van der Waals surface area (Å²) in [5.74, 6) is -0.332. The van der Waals surface area contributed by atoms with Crippen LogP contribution >= 0.6 is 0 Å². The number of aryl methyl sites for hydroxylation is 1. The van der Waals surface area contributed by atoms with Gasteiger partial charge in [-0.3, -0.25) is 4.79 Å². The van der Waals surface area contributed by atoms with Crippen LogP contribution in [-0.2, 0) is 16.0 Å². The standard InChI is InChI=1S/C18H18O5/c1-12-4-6-13(7-5-12)10-17(19)23-15-9-8-14(18(20)22-3)11-16(15)21-2/h4-9,11H,10H2,1-3H3. The van der Waals surface area contributed by atoms with Crippen LogP contribution in [0.25, 0.3) is 0 Å². The zero-order chi connectivity index (χ0) is 16.8. The first kappa shape index (κ1) is 16.5. The lowest BCUT2D eigenvalue weighted by Crippen LogP contribution is -2.12. The van der Waals surface area contributed by atoms with Crippen molar-refractivity contribution in [2.75, 3.05) is 14.2 Å². The monoisotopic (exact) mass is 314 g/mol.